The van der Waals surface area contributed by atoms with Crippen molar-refractivity contribution in [3.63, 3.8) is 0 Å². The zero-order valence-electron chi connectivity index (χ0n) is 18.6. The number of aromatic nitrogens is 1. The van der Waals surface area contributed by atoms with Gasteiger partial charge in [0.1, 0.15) is 0 Å². The van der Waals surface area contributed by atoms with Gasteiger partial charge >= 0.3 is 0 Å². The Morgan fingerprint density at radius 1 is 1.20 bits per heavy atom. The zero-order valence-corrected chi connectivity index (χ0v) is 20.2. The zero-order chi connectivity index (χ0) is 24.7. The van der Waals surface area contributed by atoms with Crippen molar-refractivity contribution in [3.8, 4) is 0 Å². The topological polar surface area (TPSA) is 59.5 Å². The van der Waals surface area contributed by atoms with Crippen LogP contribution in [0, 0.1) is 11.7 Å². The van der Waals surface area contributed by atoms with Crippen molar-refractivity contribution >= 4 is 44.9 Å². The van der Waals surface area contributed by atoms with Gasteiger partial charge in [-0.05, 0) is 36.6 Å². The number of amides is 1. The van der Waals surface area contributed by atoms with Crippen molar-refractivity contribution in [2.75, 3.05) is 23.9 Å². The molecule has 3 aromatic rings. The molecule has 0 bridgehead atoms. The summed E-state index contributed by atoms with van der Waals surface area (Å²) in [6, 6.07) is 10.7. The smallest absolute Gasteiger partial charge is 0.275 e. The summed E-state index contributed by atoms with van der Waals surface area (Å²) in [6.45, 7) is 0.915. The molecular weight excluding hydrogens is 501 g/mol. The molecule has 1 saturated heterocycles. The molecule has 0 saturated carbocycles. The molecule has 1 atom stereocenters. The molecule has 2 aromatic carbocycles. The second kappa shape index (κ2) is 9.52. The van der Waals surface area contributed by atoms with Crippen molar-refractivity contribution in [1.82, 2.24) is 4.98 Å². The quantitative estimate of drug-likeness (QED) is 0.419. The van der Waals surface area contributed by atoms with E-state index in [0.717, 1.165) is 0 Å². The number of fused-ring (bicyclic) bond motifs is 2. The maximum Gasteiger partial charge on any atom is 0.275 e. The van der Waals surface area contributed by atoms with Crippen LogP contribution in [0.2, 0.25) is 5.15 Å². The Balaban J connectivity index is 1.60. The fraction of sp³-hybridized carbons (Fsp3) is 0.360. The predicted octanol–water partition coefficient (Wildman–Crippen LogP) is 5.59. The average Bonchev–Trinajstić information content (AvgIpc) is 2.86. The molecule has 35 heavy (non-hydrogen) atoms. The van der Waals surface area contributed by atoms with Crippen molar-refractivity contribution in [2.24, 2.45) is 5.92 Å². The molecule has 5 nitrogen and oxygen atoms in total. The molecular formula is C25H22ClF3N2O3S. The molecule has 5 rings (SSSR count). The SMILES string of the molecule is O=C(C1CCOCC1)N(Cc1ccc2cc(F)c(Cl)nc2c1)c1cccc2c1S(=O)CCC2(F)F. The van der Waals surface area contributed by atoms with Crippen LogP contribution in [0.25, 0.3) is 10.9 Å². The molecule has 0 radical (unpaired) electrons. The van der Waals surface area contributed by atoms with Gasteiger partial charge in [-0.3, -0.25) is 9.00 Å². The summed E-state index contributed by atoms with van der Waals surface area (Å²) in [5.74, 6) is -4.53. The molecule has 3 heterocycles. The third kappa shape index (κ3) is 4.69. The molecule has 0 spiro atoms. The molecule has 2 aliphatic rings. The number of hydrogen-bond donors (Lipinski definition) is 0. The van der Waals surface area contributed by atoms with Gasteiger partial charge in [0.15, 0.2) is 11.0 Å². The Bertz CT molecular complexity index is 1330. The van der Waals surface area contributed by atoms with E-state index in [9.17, 15) is 22.2 Å². The van der Waals surface area contributed by atoms with E-state index in [1.807, 2.05) is 0 Å². The van der Waals surface area contributed by atoms with Crippen molar-refractivity contribution in [3.05, 3.63) is 64.6 Å². The number of carbonyl (C=O) groups excluding carboxylic acids is 1. The monoisotopic (exact) mass is 522 g/mol. The average molecular weight is 523 g/mol. The van der Waals surface area contributed by atoms with Gasteiger partial charge in [-0.2, -0.15) is 0 Å². The van der Waals surface area contributed by atoms with E-state index in [4.69, 9.17) is 16.3 Å². The lowest BCUT2D eigenvalue weighted by Gasteiger charge is -2.33. The van der Waals surface area contributed by atoms with Crippen LogP contribution in [0.1, 0.15) is 30.4 Å². The van der Waals surface area contributed by atoms with E-state index in [-0.39, 0.29) is 45.4 Å². The number of halogens is 4. The van der Waals surface area contributed by atoms with Gasteiger partial charge in [-0.15, -0.1) is 0 Å². The Labute approximate surface area is 207 Å². The highest BCUT2D eigenvalue weighted by Crippen LogP contribution is 2.44. The summed E-state index contributed by atoms with van der Waals surface area (Å²) in [5, 5.41) is 0.273. The minimum Gasteiger partial charge on any atom is -0.381 e. The predicted molar refractivity (Wildman–Crippen MR) is 128 cm³/mol. The second-order valence-electron chi connectivity index (χ2n) is 8.76. The highest BCUT2D eigenvalue weighted by molar-refractivity contribution is 7.85. The first-order valence-electron chi connectivity index (χ1n) is 11.3. The van der Waals surface area contributed by atoms with Crippen LogP contribution in [-0.2, 0) is 32.8 Å². The van der Waals surface area contributed by atoms with E-state index in [1.165, 1.54) is 23.1 Å². The van der Waals surface area contributed by atoms with Crippen molar-refractivity contribution in [2.45, 2.75) is 36.6 Å². The number of nitrogens with zero attached hydrogens (tertiary/aromatic N) is 2. The van der Waals surface area contributed by atoms with Crippen LogP contribution in [0.5, 0.6) is 0 Å². The van der Waals surface area contributed by atoms with Gasteiger partial charge < -0.3 is 9.64 Å². The van der Waals surface area contributed by atoms with Crippen LogP contribution in [0.15, 0.2) is 47.4 Å². The first kappa shape index (κ1) is 24.2. The molecule has 1 amide bonds. The molecule has 0 aliphatic carbocycles. The standard InChI is InChI=1S/C25H22ClF3N2O3S/c26-23-19(27)13-17-5-4-15(12-20(17)30-23)14-31(24(32)16-6-9-34-10-7-16)21-3-1-2-18-22(21)35(33)11-8-25(18,28)29/h1-5,12-13,16H,6-11,14H2. The third-order valence-corrected chi connectivity index (χ3v) is 8.20. The van der Waals surface area contributed by atoms with Crippen LogP contribution < -0.4 is 4.90 Å². The third-order valence-electron chi connectivity index (χ3n) is 6.48. The van der Waals surface area contributed by atoms with Gasteiger partial charge in [0.05, 0.1) is 33.4 Å². The number of hydrogen-bond acceptors (Lipinski definition) is 4. The maximum absolute atomic E-state index is 14.7. The molecule has 184 valence electrons. The Morgan fingerprint density at radius 2 is 1.97 bits per heavy atom. The van der Waals surface area contributed by atoms with Gasteiger partial charge in [0, 0.05) is 42.3 Å². The number of rotatable bonds is 4. The van der Waals surface area contributed by atoms with Crippen molar-refractivity contribution in [1.29, 1.82) is 0 Å². The number of anilines is 1. The lowest BCUT2D eigenvalue weighted by molar-refractivity contribution is -0.125. The fourth-order valence-corrected chi connectivity index (χ4v) is 6.28. The normalized spacial score (nSPS) is 19.9. The Hall–Kier alpha value is -2.49. The molecule has 1 fully saturated rings. The number of carbonyl (C=O) groups is 1. The van der Waals surface area contributed by atoms with Gasteiger partial charge in [0.25, 0.3) is 5.92 Å². The van der Waals surface area contributed by atoms with Crippen molar-refractivity contribution < 1.29 is 26.9 Å². The number of pyridine rings is 1. The molecule has 0 N–H and O–H groups in total. The highest BCUT2D eigenvalue weighted by atomic mass is 35.5. The first-order chi connectivity index (χ1) is 16.7. The number of ether oxygens (including phenoxy) is 1. The molecule has 1 unspecified atom stereocenters. The largest absolute Gasteiger partial charge is 0.381 e. The van der Waals surface area contributed by atoms with Gasteiger partial charge in [-0.1, -0.05) is 35.9 Å². The summed E-state index contributed by atoms with van der Waals surface area (Å²) in [4.78, 5) is 19.2. The van der Waals surface area contributed by atoms with E-state index in [1.54, 1.807) is 24.3 Å². The number of alkyl halides is 2. The van der Waals surface area contributed by atoms with Crippen LogP contribution in [0.3, 0.4) is 0 Å². The summed E-state index contributed by atoms with van der Waals surface area (Å²) in [6.07, 6.45) is 0.521. The van der Waals surface area contributed by atoms with E-state index in [0.29, 0.717) is 42.5 Å². The minimum atomic E-state index is -3.12. The molecule has 10 heteroatoms. The van der Waals surface area contributed by atoms with E-state index >= 15 is 0 Å². The van der Waals surface area contributed by atoms with Gasteiger partial charge in [0.2, 0.25) is 5.91 Å². The minimum absolute atomic E-state index is 0.00758. The van der Waals surface area contributed by atoms with Crippen LogP contribution in [0.4, 0.5) is 18.9 Å². The Kier molecular flexibility index (Phi) is 6.59. The van der Waals surface area contributed by atoms with Crippen LogP contribution >= 0.6 is 11.6 Å². The highest BCUT2D eigenvalue weighted by Gasteiger charge is 2.42. The van der Waals surface area contributed by atoms with E-state index < -0.39 is 29.0 Å². The van der Waals surface area contributed by atoms with E-state index in [2.05, 4.69) is 4.98 Å². The lowest BCUT2D eigenvalue weighted by atomic mass is 9.97. The Morgan fingerprint density at radius 3 is 2.74 bits per heavy atom. The fourth-order valence-electron chi connectivity index (χ4n) is 4.61. The van der Waals surface area contributed by atoms with Gasteiger partial charge in [-0.25, -0.2) is 18.2 Å². The summed E-state index contributed by atoms with van der Waals surface area (Å²) in [7, 11) is -1.67. The molecule has 2 aliphatic heterocycles. The number of benzene rings is 2. The summed E-state index contributed by atoms with van der Waals surface area (Å²) < 4.78 is 61.6. The second-order valence-corrected chi connectivity index (χ2v) is 10.6. The maximum atomic E-state index is 14.7. The lowest BCUT2D eigenvalue weighted by Crippen LogP contribution is -2.39. The summed E-state index contributed by atoms with van der Waals surface area (Å²) >= 11 is 5.85. The van der Waals surface area contributed by atoms with Crippen LogP contribution in [-0.4, -0.2) is 34.1 Å². The molecule has 1 aromatic heterocycles. The summed E-state index contributed by atoms with van der Waals surface area (Å²) in [5.41, 5.74) is 1.02. The first-order valence-corrected chi connectivity index (χ1v) is 13.0.